The van der Waals surface area contributed by atoms with Gasteiger partial charge in [0.1, 0.15) is 0 Å². The molecule has 1 atom stereocenters. The Morgan fingerprint density at radius 1 is 1.25 bits per heavy atom. The molecule has 0 aromatic carbocycles. The zero-order valence-corrected chi connectivity index (χ0v) is 12.1. The first-order valence-corrected chi connectivity index (χ1v) is 7.33. The maximum Gasteiger partial charge on any atom is 0.328 e. The number of likely N-dealkylation sites (tertiary alicyclic amines) is 1. The summed E-state index contributed by atoms with van der Waals surface area (Å²) in [6.07, 6.45) is 7.26. The van der Waals surface area contributed by atoms with E-state index < -0.39 is 12.0 Å². The molecule has 2 fully saturated rings. The third-order valence-corrected chi connectivity index (χ3v) is 4.70. The molecule has 6 heteroatoms. The van der Waals surface area contributed by atoms with Gasteiger partial charge in [-0.15, -0.1) is 0 Å². The van der Waals surface area contributed by atoms with Gasteiger partial charge in [-0.25, -0.2) is 9.59 Å². The minimum atomic E-state index is -1.07. The van der Waals surface area contributed by atoms with E-state index in [4.69, 9.17) is 9.84 Å². The van der Waals surface area contributed by atoms with Gasteiger partial charge in [0.05, 0.1) is 6.61 Å². The van der Waals surface area contributed by atoms with Gasteiger partial charge in [-0.05, 0) is 31.1 Å². The van der Waals surface area contributed by atoms with Crippen LogP contribution in [-0.2, 0) is 9.53 Å². The maximum absolute atomic E-state index is 12.1. The molecule has 0 aromatic heterocycles. The van der Waals surface area contributed by atoms with E-state index in [9.17, 15) is 9.59 Å². The molecule has 6 nitrogen and oxygen atoms in total. The Balaban J connectivity index is 1.83. The summed E-state index contributed by atoms with van der Waals surface area (Å²) < 4.78 is 4.82. The van der Waals surface area contributed by atoms with Crippen LogP contribution in [0.3, 0.4) is 0 Å². The van der Waals surface area contributed by atoms with Gasteiger partial charge in [0.15, 0.2) is 6.04 Å². The largest absolute Gasteiger partial charge is 0.480 e. The average Bonchev–Trinajstić information content (AvgIpc) is 2.87. The minimum absolute atomic E-state index is 0.0150. The molecular formula is C14H24N2O4. The summed E-state index contributed by atoms with van der Waals surface area (Å²) in [6, 6.07) is -1.27. The number of ether oxygens (including phenoxy) is 1. The van der Waals surface area contributed by atoms with Crippen molar-refractivity contribution >= 4 is 12.0 Å². The number of carboxylic acid groups (broad SMARTS) is 1. The summed E-state index contributed by atoms with van der Waals surface area (Å²) in [4.78, 5) is 24.8. The number of piperidine rings is 1. The number of urea groups is 1. The lowest BCUT2D eigenvalue weighted by molar-refractivity contribution is -0.140. The Hall–Kier alpha value is -1.30. The molecule has 2 N–H and O–H groups in total. The van der Waals surface area contributed by atoms with E-state index in [0.717, 1.165) is 25.9 Å². The van der Waals surface area contributed by atoms with Crippen molar-refractivity contribution in [1.82, 2.24) is 10.2 Å². The third-order valence-electron chi connectivity index (χ3n) is 4.70. The summed E-state index contributed by atoms with van der Waals surface area (Å²) in [7, 11) is 1.42. The second-order valence-electron chi connectivity index (χ2n) is 5.99. The Morgan fingerprint density at radius 3 is 2.35 bits per heavy atom. The average molecular weight is 284 g/mol. The van der Waals surface area contributed by atoms with Crippen molar-refractivity contribution < 1.29 is 19.4 Å². The first kappa shape index (κ1) is 15.1. The molecule has 114 valence electrons. The van der Waals surface area contributed by atoms with Gasteiger partial charge in [-0.1, -0.05) is 12.8 Å². The van der Waals surface area contributed by atoms with Crippen LogP contribution >= 0.6 is 0 Å². The Labute approximate surface area is 119 Å². The molecule has 1 spiro atoms. The van der Waals surface area contributed by atoms with Crippen molar-refractivity contribution in [2.75, 3.05) is 26.8 Å². The zero-order valence-electron chi connectivity index (χ0n) is 12.1. The number of carbonyl (C=O) groups excluding carboxylic acids is 1. The SMILES string of the molecule is COCC(NC(=O)N1CCC2(CCCC2)CC1)C(=O)O. The van der Waals surface area contributed by atoms with Crippen LogP contribution in [0.1, 0.15) is 38.5 Å². The number of methoxy groups -OCH3 is 1. The van der Waals surface area contributed by atoms with E-state index in [0.29, 0.717) is 5.41 Å². The molecule has 0 aromatic rings. The fourth-order valence-electron chi connectivity index (χ4n) is 3.39. The van der Waals surface area contributed by atoms with Crippen LogP contribution in [0, 0.1) is 5.41 Å². The highest BCUT2D eigenvalue weighted by Crippen LogP contribution is 2.46. The van der Waals surface area contributed by atoms with Gasteiger partial charge in [-0.2, -0.15) is 0 Å². The van der Waals surface area contributed by atoms with Crippen LogP contribution in [-0.4, -0.2) is 54.9 Å². The topological polar surface area (TPSA) is 78.9 Å². The van der Waals surface area contributed by atoms with Crippen molar-refractivity contribution in [1.29, 1.82) is 0 Å². The normalized spacial score (nSPS) is 22.8. The van der Waals surface area contributed by atoms with E-state index in [1.807, 2.05) is 0 Å². The quantitative estimate of drug-likeness (QED) is 0.819. The number of aliphatic carboxylic acids is 1. The van der Waals surface area contributed by atoms with Crippen molar-refractivity contribution in [3.05, 3.63) is 0 Å². The van der Waals surface area contributed by atoms with Gasteiger partial charge in [0.25, 0.3) is 0 Å². The molecule has 1 heterocycles. The van der Waals surface area contributed by atoms with E-state index in [1.54, 1.807) is 4.90 Å². The van der Waals surface area contributed by atoms with Crippen LogP contribution in [0.4, 0.5) is 4.79 Å². The highest BCUT2D eigenvalue weighted by Gasteiger charge is 2.38. The highest BCUT2D eigenvalue weighted by atomic mass is 16.5. The molecular weight excluding hydrogens is 260 g/mol. The van der Waals surface area contributed by atoms with E-state index in [1.165, 1.54) is 32.8 Å². The molecule has 2 aliphatic rings. The Morgan fingerprint density at radius 2 is 1.85 bits per heavy atom. The lowest BCUT2D eigenvalue weighted by Crippen LogP contribution is -2.52. The van der Waals surface area contributed by atoms with Crippen molar-refractivity contribution in [2.45, 2.75) is 44.6 Å². The molecule has 1 saturated heterocycles. The van der Waals surface area contributed by atoms with Crippen molar-refractivity contribution in [2.24, 2.45) is 5.41 Å². The Kier molecular flexibility index (Phi) is 4.86. The fraction of sp³-hybridized carbons (Fsp3) is 0.857. The van der Waals surface area contributed by atoms with Crippen LogP contribution in [0.2, 0.25) is 0 Å². The number of nitrogens with one attached hydrogen (secondary N) is 1. The molecule has 0 bridgehead atoms. The first-order valence-electron chi connectivity index (χ1n) is 7.33. The van der Waals surface area contributed by atoms with Crippen molar-refractivity contribution in [3.63, 3.8) is 0 Å². The summed E-state index contributed by atoms with van der Waals surface area (Å²) in [6.45, 7) is 1.44. The fourth-order valence-corrected chi connectivity index (χ4v) is 3.39. The maximum atomic E-state index is 12.1. The van der Waals surface area contributed by atoms with Gasteiger partial charge in [0.2, 0.25) is 0 Å². The van der Waals surface area contributed by atoms with Gasteiger partial charge in [-0.3, -0.25) is 0 Å². The predicted octanol–water partition coefficient (Wildman–Crippen LogP) is 1.45. The Bertz CT molecular complexity index is 356. The number of rotatable bonds is 4. The zero-order chi connectivity index (χ0) is 14.6. The lowest BCUT2D eigenvalue weighted by Gasteiger charge is -2.39. The summed E-state index contributed by atoms with van der Waals surface area (Å²) in [5.41, 5.74) is 0.454. The molecule has 0 radical (unpaired) electrons. The van der Waals surface area contributed by atoms with Crippen LogP contribution < -0.4 is 5.32 Å². The second-order valence-corrected chi connectivity index (χ2v) is 5.99. The standard InChI is InChI=1S/C14H24N2O4/c1-20-10-11(12(17)18)15-13(19)16-8-6-14(7-9-16)4-2-3-5-14/h11H,2-10H2,1H3,(H,15,19)(H,17,18). The van der Waals surface area contributed by atoms with Crippen LogP contribution in [0.5, 0.6) is 0 Å². The van der Waals surface area contributed by atoms with Gasteiger partial charge < -0.3 is 20.1 Å². The summed E-state index contributed by atoms with van der Waals surface area (Å²) in [5, 5.41) is 11.5. The van der Waals surface area contributed by atoms with Crippen LogP contribution in [0.25, 0.3) is 0 Å². The number of hydrogen-bond acceptors (Lipinski definition) is 3. The molecule has 2 amide bonds. The number of hydrogen-bond donors (Lipinski definition) is 2. The van der Waals surface area contributed by atoms with E-state index in [2.05, 4.69) is 5.32 Å². The predicted molar refractivity (Wildman–Crippen MR) is 73.5 cm³/mol. The molecule has 1 saturated carbocycles. The van der Waals surface area contributed by atoms with Crippen molar-refractivity contribution in [3.8, 4) is 0 Å². The number of carboxylic acids is 1. The molecule has 1 unspecified atom stereocenters. The number of nitrogens with zero attached hydrogens (tertiary/aromatic N) is 1. The first-order chi connectivity index (χ1) is 9.56. The van der Waals surface area contributed by atoms with E-state index >= 15 is 0 Å². The monoisotopic (exact) mass is 284 g/mol. The molecule has 2 rings (SSSR count). The van der Waals surface area contributed by atoms with E-state index in [-0.39, 0.29) is 12.6 Å². The van der Waals surface area contributed by atoms with Gasteiger partial charge >= 0.3 is 12.0 Å². The minimum Gasteiger partial charge on any atom is -0.480 e. The molecule has 1 aliphatic heterocycles. The van der Waals surface area contributed by atoms with Gasteiger partial charge in [0, 0.05) is 20.2 Å². The van der Waals surface area contributed by atoms with Crippen LogP contribution in [0.15, 0.2) is 0 Å². The number of carbonyl (C=O) groups is 2. The molecule has 1 aliphatic carbocycles. The molecule has 20 heavy (non-hydrogen) atoms. The third kappa shape index (κ3) is 3.42. The summed E-state index contributed by atoms with van der Waals surface area (Å²) in [5.74, 6) is -1.07. The second kappa shape index (κ2) is 6.43. The highest BCUT2D eigenvalue weighted by molar-refractivity contribution is 5.82. The summed E-state index contributed by atoms with van der Waals surface area (Å²) >= 11 is 0. The number of amides is 2. The lowest BCUT2D eigenvalue weighted by atomic mass is 9.77. The smallest absolute Gasteiger partial charge is 0.328 e.